The van der Waals surface area contributed by atoms with Crippen LogP contribution in [-0.4, -0.2) is 21.2 Å². The lowest BCUT2D eigenvalue weighted by Gasteiger charge is -2.12. The molecule has 1 aromatic rings. The number of halogens is 2. The molecule has 5 heteroatoms. The molecule has 0 aliphatic heterocycles. The molecule has 0 fully saturated rings. The first kappa shape index (κ1) is 13.4. The standard InChI is InChI=1S/C12H14BFIOS/c13-17-16-12(5-7-15)9-11-3-1-2-10(8-11)4-6-14/h1-3,5,7-8,12-13H,4,6,9H2/t12-/m1/s1/i13T. The Balaban J connectivity index is 2.64. The van der Waals surface area contributed by atoms with E-state index in [0.29, 0.717) is 6.42 Å². The van der Waals surface area contributed by atoms with E-state index in [1.165, 1.54) is 0 Å². The zero-order chi connectivity index (χ0) is 13.2. The Bertz CT molecular complexity index is 381. The molecule has 1 radical (unpaired) electrons. The van der Waals surface area contributed by atoms with Crippen LogP contribution in [0.1, 0.15) is 11.1 Å². The molecule has 0 bridgehead atoms. The maximum atomic E-state index is 12.3. The molecule has 1 aromatic carbocycles. The molecule has 17 heavy (non-hydrogen) atoms. The van der Waals surface area contributed by atoms with Crippen LogP contribution in [0.3, 0.4) is 0 Å². The van der Waals surface area contributed by atoms with E-state index in [-0.39, 0.29) is 12.8 Å². The predicted molar refractivity (Wildman–Crippen MR) is 82.6 cm³/mol. The zero-order valence-corrected chi connectivity index (χ0v) is 12.3. The van der Waals surface area contributed by atoms with Crippen molar-refractivity contribution in [1.29, 1.82) is 1.34 Å². The van der Waals surface area contributed by atoms with Gasteiger partial charge in [0.25, 0.3) is 0 Å². The summed E-state index contributed by atoms with van der Waals surface area (Å²) in [5.74, 6) is 0. The van der Waals surface area contributed by atoms with Gasteiger partial charge in [0.1, 0.15) is 0 Å². The summed E-state index contributed by atoms with van der Waals surface area (Å²) in [4.78, 5) is 0. The summed E-state index contributed by atoms with van der Waals surface area (Å²) in [6.45, 7) is -0.333. The van der Waals surface area contributed by atoms with Gasteiger partial charge in [-0.2, -0.15) is 0 Å². The molecule has 91 valence electrons. The number of aryl methyl sites for hydroxylation is 1. The molecule has 0 aromatic heterocycles. The van der Waals surface area contributed by atoms with Crippen molar-refractivity contribution in [3.8, 4) is 0 Å². The lowest BCUT2D eigenvalue weighted by Crippen LogP contribution is -2.09. The monoisotopic (exact) mass is 365 g/mol. The van der Waals surface area contributed by atoms with Crippen molar-refractivity contribution in [3.63, 3.8) is 0 Å². The summed E-state index contributed by atoms with van der Waals surface area (Å²) in [7, 11) is 1.16. The van der Waals surface area contributed by atoms with Crippen LogP contribution < -0.4 is 0 Å². The van der Waals surface area contributed by atoms with Crippen molar-refractivity contribution < 1.29 is 8.57 Å². The molecule has 0 amide bonds. The third kappa shape index (κ3) is 5.92. The van der Waals surface area contributed by atoms with Crippen LogP contribution in [0.15, 0.2) is 34.4 Å². The Kier molecular flexibility index (Phi) is 7.11. The largest absolute Gasteiger partial charge is 0.320 e. The van der Waals surface area contributed by atoms with Crippen molar-refractivity contribution in [1.82, 2.24) is 0 Å². The van der Waals surface area contributed by atoms with Gasteiger partial charge in [0.05, 0.1) is 12.8 Å². The average Bonchev–Trinajstić information content (AvgIpc) is 2.37. The van der Waals surface area contributed by atoms with Crippen molar-refractivity contribution in [2.75, 3.05) is 6.67 Å². The first-order chi connectivity index (χ1) is 8.80. The average molecular weight is 365 g/mol. The zero-order valence-electron chi connectivity index (χ0n) is 10.3. The second-order valence-corrected chi connectivity index (χ2v) is 4.62. The van der Waals surface area contributed by atoms with E-state index < -0.39 is 0 Å². The highest BCUT2D eigenvalue weighted by Gasteiger charge is 2.06. The number of benzene rings is 1. The maximum Gasteiger partial charge on any atom is 0.209 e. The minimum absolute atomic E-state index is 0.0749. The Morgan fingerprint density at radius 3 is 3.12 bits per heavy atom. The fourth-order valence-corrected chi connectivity index (χ4v) is 2.28. The number of hydrogen-bond acceptors (Lipinski definition) is 2. The summed E-state index contributed by atoms with van der Waals surface area (Å²) >= 11 is 3.16. The van der Waals surface area contributed by atoms with Crippen molar-refractivity contribution >= 4 is 41.6 Å². The van der Waals surface area contributed by atoms with Crippen LogP contribution in [0.25, 0.3) is 0 Å². The molecule has 0 spiro atoms. The maximum absolute atomic E-state index is 12.3. The summed E-state index contributed by atoms with van der Waals surface area (Å²) in [6.07, 6.45) is 3.05. The second kappa shape index (κ2) is 9.00. The van der Waals surface area contributed by atoms with Gasteiger partial charge in [0, 0.05) is 12.8 Å². The second-order valence-electron chi connectivity index (χ2n) is 3.51. The Morgan fingerprint density at radius 2 is 2.41 bits per heavy atom. The van der Waals surface area contributed by atoms with Crippen LogP contribution in [-0.2, 0) is 17.0 Å². The summed E-state index contributed by atoms with van der Waals surface area (Å²) in [6, 6.07) is 7.88. The van der Waals surface area contributed by atoms with Crippen molar-refractivity contribution in [2.45, 2.75) is 18.9 Å². The van der Waals surface area contributed by atoms with Gasteiger partial charge in [-0.1, -0.05) is 58.8 Å². The Morgan fingerprint density at radius 1 is 1.59 bits per heavy atom. The predicted octanol–water partition coefficient (Wildman–Crippen LogP) is 3.54. The fraction of sp³-hybridized carbons (Fsp3) is 0.333. The molecule has 0 aliphatic carbocycles. The van der Waals surface area contributed by atoms with Gasteiger partial charge in [0.2, 0.25) is 7.09 Å². The van der Waals surface area contributed by atoms with Gasteiger partial charge in [-0.15, -0.1) is 0 Å². The van der Waals surface area contributed by atoms with Crippen LogP contribution in [0, 0.1) is 0 Å². The smallest absolute Gasteiger partial charge is 0.209 e. The van der Waals surface area contributed by atoms with Gasteiger partial charge >= 0.3 is 0 Å². The minimum Gasteiger partial charge on any atom is -0.320 e. The summed E-state index contributed by atoms with van der Waals surface area (Å²) < 4.78 is 26.6. The molecular weight excluding hydrogens is 349 g/mol. The summed E-state index contributed by atoms with van der Waals surface area (Å²) in [5.41, 5.74) is 2.12. The first-order valence-corrected chi connectivity index (χ1v) is 7.28. The summed E-state index contributed by atoms with van der Waals surface area (Å²) in [5, 5.41) is 0. The number of hydrogen-bond donors (Lipinski definition) is 0. The molecular formula is C12H14BFIOS. The third-order valence-corrected chi connectivity index (χ3v) is 3.05. The molecule has 0 saturated carbocycles. The normalized spacial score (nSPS) is 13.6. The van der Waals surface area contributed by atoms with Crippen molar-refractivity contribution in [2.24, 2.45) is 0 Å². The number of rotatable bonds is 8. The Hall–Kier alpha value is -0.00506. The van der Waals surface area contributed by atoms with Crippen molar-refractivity contribution in [3.05, 3.63) is 45.6 Å². The molecule has 1 atom stereocenters. The first-order valence-electron chi connectivity index (χ1n) is 5.80. The van der Waals surface area contributed by atoms with Gasteiger partial charge in [-0.05, 0) is 22.6 Å². The van der Waals surface area contributed by atoms with E-state index in [0.717, 1.165) is 36.5 Å². The van der Waals surface area contributed by atoms with Gasteiger partial charge in [-0.25, -0.2) is 0 Å². The third-order valence-electron chi connectivity index (χ3n) is 2.28. The molecule has 0 saturated heterocycles. The lowest BCUT2D eigenvalue weighted by molar-refractivity contribution is 0.301. The number of alkyl halides is 1. The molecule has 0 unspecified atom stereocenters. The van der Waals surface area contributed by atoms with Crippen LogP contribution in [0.2, 0.25) is 0 Å². The van der Waals surface area contributed by atoms with E-state index in [1.807, 2.05) is 34.4 Å². The van der Waals surface area contributed by atoms with E-state index in [9.17, 15) is 4.39 Å². The van der Waals surface area contributed by atoms with E-state index in [4.69, 9.17) is 5.52 Å². The Labute approximate surface area is 122 Å². The highest BCUT2D eigenvalue weighted by molar-refractivity contribution is 14.1. The van der Waals surface area contributed by atoms with Gasteiger partial charge in [-0.3, -0.25) is 4.39 Å². The minimum atomic E-state index is -0.333. The molecule has 1 nitrogen and oxygen atoms in total. The molecule has 0 heterocycles. The van der Waals surface area contributed by atoms with Crippen LogP contribution >= 0.6 is 34.5 Å². The lowest BCUT2D eigenvalue weighted by atomic mass is 10.0. The quantitative estimate of drug-likeness (QED) is 0.396. The topological polar surface area (TPSA) is 9.23 Å². The molecule has 1 rings (SSSR count). The van der Waals surface area contributed by atoms with E-state index in [1.54, 1.807) is 0 Å². The van der Waals surface area contributed by atoms with E-state index >= 15 is 0 Å². The molecule has 0 aliphatic rings. The highest BCUT2D eigenvalue weighted by atomic mass is 127. The fourth-order valence-electron chi connectivity index (χ4n) is 1.54. The van der Waals surface area contributed by atoms with Gasteiger partial charge in [0.15, 0.2) is 0 Å². The van der Waals surface area contributed by atoms with Crippen LogP contribution in [0.4, 0.5) is 4.39 Å². The van der Waals surface area contributed by atoms with Gasteiger partial charge < -0.3 is 4.18 Å². The van der Waals surface area contributed by atoms with E-state index in [2.05, 4.69) is 22.6 Å². The van der Waals surface area contributed by atoms with Crippen LogP contribution in [0.5, 0.6) is 0 Å². The molecule has 0 N–H and O–H groups in total. The highest BCUT2D eigenvalue weighted by Crippen LogP contribution is 2.14. The SMILES string of the molecule is [3H][B]SO[C@H](C=CI)Cc1cccc(CCF)c1.